The molecule has 0 aliphatic heterocycles. The molecule has 0 saturated carbocycles. The first-order valence-corrected chi connectivity index (χ1v) is 4.60. The van der Waals surface area contributed by atoms with Crippen molar-refractivity contribution in [3.8, 4) is 12.3 Å². The summed E-state index contributed by atoms with van der Waals surface area (Å²) in [7, 11) is 0. The van der Waals surface area contributed by atoms with Gasteiger partial charge in [0.2, 0.25) is 0 Å². The average Bonchev–Trinajstić information content (AvgIpc) is 1.96. The Labute approximate surface area is 81.3 Å². The average molecular weight is 182 g/mol. The summed E-state index contributed by atoms with van der Waals surface area (Å²) < 4.78 is 0. The molecule has 0 amide bonds. The standard InChI is InChI=1S/C11H19NO/c1-7-8-12(11(4,5)6)9(2)10(3)13/h1,9H,8H2,2-6H3/p+1/t9-/m0/s1. The van der Waals surface area contributed by atoms with Gasteiger partial charge in [0.1, 0.15) is 12.6 Å². The van der Waals surface area contributed by atoms with Crippen LogP contribution < -0.4 is 4.90 Å². The van der Waals surface area contributed by atoms with Gasteiger partial charge in [-0.25, -0.2) is 0 Å². The first-order chi connectivity index (χ1) is 5.80. The van der Waals surface area contributed by atoms with E-state index < -0.39 is 0 Å². The molecule has 0 bridgehead atoms. The summed E-state index contributed by atoms with van der Waals surface area (Å²) in [5.74, 6) is 2.82. The first kappa shape index (κ1) is 12.2. The monoisotopic (exact) mass is 182 g/mol. The van der Waals surface area contributed by atoms with Gasteiger partial charge in [-0.3, -0.25) is 4.79 Å². The van der Waals surface area contributed by atoms with Gasteiger partial charge in [-0.15, -0.1) is 6.42 Å². The van der Waals surface area contributed by atoms with Crippen LogP contribution >= 0.6 is 0 Å². The van der Waals surface area contributed by atoms with E-state index in [1.54, 1.807) is 6.92 Å². The van der Waals surface area contributed by atoms with E-state index in [0.29, 0.717) is 6.54 Å². The minimum atomic E-state index is -0.0175. The molecule has 1 N–H and O–H groups in total. The Hall–Kier alpha value is -0.810. The first-order valence-electron chi connectivity index (χ1n) is 4.60. The van der Waals surface area contributed by atoms with Gasteiger partial charge in [-0.05, 0) is 33.6 Å². The number of hydrogen-bond donors (Lipinski definition) is 1. The molecule has 74 valence electrons. The second kappa shape index (κ2) is 4.43. The number of hydrogen-bond acceptors (Lipinski definition) is 1. The molecule has 2 nitrogen and oxygen atoms in total. The number of ketones is 1. The van der Waals surface area contributed by atoms with Crippen molar-refractivity contribution >= 4 is 5.78 Å². The Bertz CT molecular complexity index is 219. The van der Waals surface area contributed by atoms with E-state index in [0.717, 1.165) is 4.90 Å². The molecule has 13 heavy (non-hydrogen) atoms. The summed E-state index contributed by atoms with van der Waals surface area (Å²) in [6.07, 6.45) is 5.28. The number of nitrogens with one attached hydrogen (secondary N) is 1. The largest absolute Gasteiger partial charge is 0.312 e. The molecule has 0 aliphatic carbocycles. The highest BCUT2D eigenvalue weighted by Gasteiger charge is 2.31. The number of carbonyl (C=O) groups excluding carboxylic acids is 1. The van der Waals surface area contributed by atoms with E-state index in [1.165, 1.54) is 0 Å². The highest BCUT2D eigenvalue weighted by atomic mass is 16.1. The lowest BCUT2D eigenvalue weighted by Crippen LogP contribution is -3.22. The molecule has 2 heteroatoms. The molecule has 0 aromatic heterocycles. The SMILES string of the molecule is C#CC[NH+]([C@@H](C)C(C)=O)C(C)(C)C. The summed E-state index contributed by atoms with van der Waals surface area (Å²) in [6.45, 7) is 10.4. The number of terminal acetylenes is 1. The lowest BCUT2D eigenvalue weighted by molar-refractivity contribution is -0.953. The fourth-order valence-corrected chi connectivity index (χ4v) is 1.42. The van der Waals surface area contributed by atoms with Gasteiger partial charge in [0.05, 0.1) is 5.54 Å². The third-order valence-corrected chi connectivity index (χ3v) is 2.39. The molecule has 0 spiro atoms. The summed E-state index contributed by atoms with van der Waals surface area (Å²) >= 11 is 0. The van der Waals surface area contributed by atoms with Gasteiger partial charge in [0.25, 0.3) is 0 Å². The fourth-order valence-electron chi connectivity index (χ4n) is 1.42. The maximum atomic E-state index is 11.2. The van der Waals surface area contributed by atoms with Gasteiger partial charge >= 0.3 is 0 Å². The molecule has 0 aromatic carbocycles. The molecule has 0 aromatic rings. The number of rotatable bonds is 3. The van der Waals surface area contributed by atoms with Crippen LogP contribution in [-0.4, -0.2) is 23.9 Å². The van der Waals surface area contributed by atoms with Crippen LogP contribution in [0.25, 0.3) is 0 Å². The molecule has 1 unspecified atom stereocenters. The van der Waals surface area contributed by atoms with Crippen molar-refractivity contribution in [2.24, 2.45) is 0 Å². The highest BCUT2D eigenvalue weighted by Crippen LogP contribution is 1.94. The van der Waals surface area contributed by atoms with Crippen molar-refractivity contribution in [2.75, 3.05) is 6.54 Å². The predicted octanol–water partition coefficient (Wildman–Crippen LogP) is 0.280. The Morgan fingerprint density at radius 2 is 2.00 bits per heavy atom. The molecule has 0 saturated heterocycles. The zero-order valence-corrected chi connectivity index (χ0v) is 9.27. The van der Waals surface area contributed by atoms with Crippen LogP contribution in [0, 0.1) is 12.3 Å². The Morgan fingerprint density at radius 3 is 2.23 bits per heavy atom. The minimum absolute atomic E-state index is 0.0175. The molecular weight excluding hydrogens is 162 g/mol. The summed E-state index contributed by atoms with van der Waals surface area (Å²) in [4.78, 5) is 12.4. The van der Waals surface area contributed by atoms with Gasteiger partial charge in [-0.1, -0.05) is 0 Å². The Balaban J connectivity index is 4.63. The van der Waals surface area contributed by atoms with E-state index in [1.807, 2.05) is 6.92 Å². The second-order valence-electron chi connectivity index (χ2n) is 4.49. The van der Waals surface area contributed by atoms with E-state index in [4.69, 9.17) is 6.42 Å². The minimum Gasteiger partial charge on any atom is -0.312 e. The molecule has 0 radical (unpaired) electrons. The smallest absolute Gasteiger partial charge is 0.186 e. The van der Waals surface area contributed by atoms with E-state index in [2.05, 4.69) is 26.7 Å². The van der Waals surface area contributed by atoms with Crippen LogP contribution in [0.4, 0.5) is 0 Å². The lowest BCUT2D eigenvalue weighted by atomic mass is 10.0. The molecule has 0 aliphatic rings. The predicted molar refractivity (Wildman–Crippen MR) is 54.6 cm³/mol. The maximum Gasteiger partial charge on any atom is 0.186 e. The van der Waals surface area contributed by atoms with Crippen molar-refractivity contribution in [2.45, 2.75) is 46.2 Å². The third kappa shape index (κ3) is 3.61. The molecule has 0 rings (SSSR count). The van der Waals surface area contributed by atoms with Crippen molar-refractivity contribution in [1.29, 1.82) is 0 Å². The number of quaternary nitrogens is 1. The van der Waals surface area contributed by atoms with Crippen LogP contribution in [0.15, 0.2) is 0 Å². The van der Waals surface area contributed by atoms with Crippen LogP contribution in [0.5, 0.6) is 0 Å². The second-order valence-corrected chi connectivity index (χ2v) is 4.49. The van der Waals surface area contributed by atoms with Crippen molar-refractivity contribution in [3.63, 3.8) is 0 Å². The third-order valence-electron chi connectivity index (χ3n) is 2.39. The Morgan fingerprint density at radius 1 is 1.54 bits per heavy atom. The molecule has 0 heterocycles. The van der Waals surface area contributed by atoms with Crippen molar-refractivity contribution in [1.82, 2.24) is 0 Å². The van der Waals surface area contributed by atoms with Crippen LogP contribution in [0.2, 0.25) is 0 Å². The molecular formula is C11H20NO+. The van der Waals surface area contributed by atoms with Crippen LogP contribution in [0.3, 0.4) is 0 Å². The summed E-state index contributed by atoms with van der Waals surface area (Å²) in [6, 6.07) is -0.0175. The van der Waals surface area contributed by atoms with Gasteiger partial charge in [0, 0.05) is 6.92 Å². The normalized spacial score (nSPS) is 16.0. The van der Waals surface area contributed by atoms with Gasteiger partial charge in [-0.2, -0.15) is 0 Å². The molecule has 0 fully saturated rings. The summed E-state index contributed by atoms with van der Waals surface area (Å²) in [5, 5.41) is 0. The summed E-state index contributed by atoms with van der Waals surface area (Å²) in [5.41, 5.74) is 0.0253. The quantitative estimate of drug-likeness (QED) is 0.622. The fraction of sp³-hybridized carbons (Fsp3) is 0.727. The number of Topliss-reactive ketones (excluding diaryl/α,β-unsaturated/α-hetero) is 1. The van der Waals surface area contributed by atoms with E-state index >= 15 is 0 Å². The van der Waals surface area contributed by atoms with Crippen LogP contribution in [-0.2, 0) is 4.79 Å². The van der Waals surface area contributed by atoms with Crippen molar-refractivity contribution in [3.05, 3.63) is 0 Å². The maximum absolute atomic E-state index is 11.2. The molecule has 2 atom stereocenters. The Kier molecular flexibility index (Phi) is 4.16. The van der Waals surface area contributed by atoms with E-state index in [-0.39, 0.29) is 17.4 Å². The zero-order valence-electron chi connectivity index (χ0n) is 9.27. The van der Waals surface area contributed by atoms with Crippen molar-refractivity contribution < 1.29 is 9.69 Å². The van der Waals surface area contributed by atoms with Gasteiger partial charge < -0.3 is 4.90 Å². The highest BCUT2D eigenvalue weighted by molar-refractivity contribution is 5.79. The number of carbonyl (C=O) groups is 1. The van der Waals surface area contributed by atoms with Gasteiger partial charge in [0.15, 0.2) is 5.78 Å². The zero-order chi connectivity index (χ0) is 10.6. The topological polar surface area (TPSA) is 21.5 Å². The van der Waals surface area contributed by atoms with Crippen LogP contribution in [0.1, 0.15) is 34.6 Å². The lowest BCUT2D eigenvalue weighted by Gasteiger charge is -2.34. The van der Waals surface area contributed by atoms with E-state index in [9.17, 15) is 4.79 Å².